The van der Waals surface area contributed by atoms with Crippen molar-refractivity contribution in [2.24, 2.45) is 0 Å². The van der Waals surface area contributed by atoms with Gasteiger partial charge in [-0.2, -0.15) is 0 Å². The molecule has 1 aromatic carbocycles. The van der Waals surface area contributed by atoms with Gasteiger partial charge in [-0.1, -0.05) is 6.42 Å². The molecule has 174 valence electrons. The average molecular weight is 472 g/mol. The molecule has 0 amide bonds. The Morgan fingerprint density at radius 2 is 2.09 bits per heavy atom. The second-order valence-corrected chi connectivity index (χ2v) is 8.84. The zero-order chi connectivity index (χ0) is 23.4. The van der Waals surface area contributed by atoms with Crippen LogP contribution in [0.1, 0.15) is 45.9 Å². The number of rotatable bonds is 8. The van der Waals surface area contributed by atoms with Crippen molar-refractivity contribution < 1.29 is 19.2 Å². The quantitative estimate of drug-likeness (QED) is 0.164. The first kappa shape index (κ1) is 22.9. The number of anilines is 2. The molecule has 4 rings (SSSR count). The zero-order valence-electron chi connectivity index (χ0n) is 18.3. The monoisotopic (exact) mass is 471 g/mol. The van der Waals surface area contributed by atoms with E-state index in [1.54, 1.807) is 11.3 Å². The van der Waals surface area contributed by atoms with Crippen molar-refractivity contribution in [3.05, 3.63) is 50.1 Å². The number of hydrogen-bond acceptors (Lipinski definition) is 10. The number of benzene rings is 1. The normalized spacial score (nSPS) is 13.4. The molecule has 0 radical (unpaired) electrons. The molecule has 0 saturated carbocycles. The number of nitrogens with zero attached hydrogens (tertiary/aromatic N) is 3. The third-order valence-electron chi connectivity index (χ3n) is 5.52. The van der Waals surface area contributed by atoms with E-state index in [-0.39, 0.29) is 17.9 Å². The molecule has 1 aliphatic carbocycles. The van der Waals surface area contributed by atoms with Crippen molar-refractivity contribution >= 4 is 44.7 Å². The predicted octanol–water partition coefficient (Wildman–Crippen LogP) is 3.87. The third-order valence-corrected chi connectivity index (χ3v) is 6.71. The van der Waals surface area contributed by atoms with Gasteiger partial charge in [0.05, 0.1) is 22.5 Å². The molecule has 2 aromatic heterocycles. The molecule has 0 aliphatic heterocycles. The van der Waals surface area contributed by atoms with Gasteiger partial charge >= 0.3 is 5.97 Å². The van der Waals surface area contributed by atoms with Crippen molar-refractivity contribution in [2.45, 2.75) is 38.7 Å². The summed E-state index contributed by atoms with van der Waals surface area (Å²) in [5.41, 5.74) is 7.63. The van der Waals surface area contributed by atoms with Crippen LogP contribution in [0.25, 0.3) is 10.2 Å². The van der Waals surface area contributed by atoms with Crippen molar-refractivity contribution in [1.29, 1.82) is 0 Å². The van der Waals surface area contributed by atoms with Gasteiger partial charge in [0.1, 0.15) is 16.3 Å². The van der Waals surface area contributed by atoms with E-state index in [1.165, 1.54) is 42.2 Å². The number of fused-ring (bicyclic) bond motifs is 3. The lowest BCUT2D eigenvalue weighted by atomic mass is 10.1. The Labute approximate surface area is 194 Å². The summed E-state index contributed by atoms with van der Waals surface area (Å²) in [6.07, 6.45) is 5.50. The highest BCUT2D eigenvalue weighted by Gasteiger charge is 2.21. The van der Waals surface area contributed by atoms with Gasteiger partial charge in [0.2, 0.25) is 0 Å². The fraction of sp³-hybridized carbons (Fsp3) is 0.409. The number of hydrogen-bond donors (Lipinski definition) is 2. The Hall–Kier alpha value is -3.31. The highest BCUT2D eigenvalue weighted by atomic mass is 32.1. The van der Waals surface area contributed by atoms with E-state index in [9.17, 15) is 14.9 Å². The number of nitrogens with one attached hydrogen (secondary N) is 1. The molecule has 3 N–H and O–H groups in total. The summed E-state index contributed by atoms with van der Waals surface area (Å²) in [5.74, 6) is -0.00421. The number of carbonyl (C=O) groups excluding carboxylic acids is 1. The molecule has 0 atom stereocenters. The van der Waals surface area contributed by atoms with Gasteiger partial charge < -0.3 is 20.5 Å². The summed E-state index contributed by atoms with van der Waals surface area (Å²) in [7, 11) is 1.54. The Kier molecular flexibility index (Phi) is 6.99. The molecule has 0 spiro atoms. The van der Waals surface area contributed by atoms with Crippen LogP contribution >= 0.6 is 11.3 Å². The maximum atomic E-state index is 12.5. The number of methoxy groups -OCH3 is 1. The van der Waals surface area contributed by atoms with Crippen LogP contribution in [-0.4, -0.2) is 41.1 Å². The van der Waals surface area contributed by atoms with Gasteiger partial charge in [-0.05, 0) is 43.4 Å². The number of nitro groups is 1. The number of thiophene rings is 1. The summed E-state index contributed by atoms with van der Waals surface area (Å²) < 4.78 is 10.3. The van der Waals surface area contributed by atoms with Crippen LogP contribution in [0.15, 0.2) is 18.2 Å². The SMILES string of the molecule is COCCNc1ccc(C(=O)OCc2nc(N)c3c4c(sc3n2)CCCCC4)cc1[N+](=O)[O-]. The lowest BCUT2D eigenvalue weighted by molar-refractivity contribution is -0.384. The predicted molar refractivity (Wildman–Crippen MR) is 126 cm³/mol. The third kappa shape index (κ3) is 5.04. The highest BCUT2D eigenvalue weighted by molar-refractivity contribution is 7.19. The molecule has 0 saturated heterocycles. The van der Waals surface area contributed by atoms with E-state index in [0.29, 0.717) is 30.5 Å². The van der Waals surface area contributed by atoms with Crippen LogP contribution in [0, 0.1) is 10.1 Å². The van der Waals surface area contributed by atoms with Crippen molar-refractivity contribution in [1.82, 2.24) is 9.97 Å². The van der Waals surface area contributed by atoms with Gasteiger partial charge in [-0.15, -0.1) is 11.3 Å². The topological polar surface area (TPSA) is 142 Å². The standard InChI is InChI=1S/C22H25N5O5S/c1-31-10-9-24-15-8-7-13(11-16(15)27(29)30)22(28)32-12-18-25-20(23)19-14-5-3-2-4-6-17(14)33-21(19)26-18/h7-8,11,24H,2-6,9-10,12H2,1H3,(H2,23,25,26). The summed E-state index contributed by atoms with van der Waals surface area (Å²) >= 11 is 1.62. The molecule has 0 unspecified atom stereocenters. The van der Waals surface area contributed by atoms with E-state index < -0.39 is 10.9 Å². The molecule has 3 aromatic rings. The van der Waals surface area contributed by atoms with E-state index in [4.69, 9.17) is 15.2 Å². The number of ether oxygens (including phenoxy) is 2. The van der Waals surface area contributed by atoms with Crippen LogP contribution in [0.4, 0.5) is 17.2 Å². The van der Waals surface area contributed by atoms with Gasteiger partial charge in [0.25, 0.3) is 5.69 Å². The van der Waals surface area contributed by atoms with Gasteiger partial charge in [-0.25, -0.2) is 14.8 Å². The minimum atomic E-state index is -0.703. The summed E-state index contributed by atoms with van der Waals surface area (Å²) in [6.45, 7) is 0.610. The van der Waals surface area contributed by atoms with Crippen LogP contribution in [0.5, 0.6) is 0 Å². The maximum absolute atomic E-state index is 12.5. The molecule has 33 heavy (non-hydrogen) atoms. The minimum absolute atomic E-state index is 0.0656. The summed E-state index contributed by atoms with van der Waals surface area (Å²) in [6, 6.07) is 4.13. The van der Waals surface area contributed by atoms with Crippen LogP contribution in [-0.2, 0) is 28.9 Å². The molecular weight excluding hydrogens is 446 g/mol. The number of aromatic nitrogens is 2. The van der Waals surface area contributed by atoms with E-state index in [1.807, 2.05) is 0 Å². The molecule has 2 heterocycles. The lowest BCUT2D eigenvalue weighted by Crippen LogP contribution is -2.11. The first-order valence-corrected chi connectivity index (χ1v) is 11.5. The maximum Gasteiger partial charge on any atom is 0.338 e. The molecule has 11 heteroatoms. The van der Waals surface area contributed by atoms with Crippen LogP contribution < -0.4 is 11.1 Å². The van der Waals surface area contributed by atoms with Gasteiger partial charge in [0.15, 0.2) is 12.4 Å². The molecule has 0 bridgehead atoms. The number of esters is 1. The van der Waals surface area contributed by atoms with Gasteiger partial charge in [0, 0.05) is 24.6 Å². The number of carbonyl (C=O) groups is 1. The Morgan fingerprint density at radius 1 is 1.27 bits per heavy atom. The van der Waals surface area contributed by atoms with Crippen molar-refractivity contribution in [2.75, 3.05) is 31.3 Å². The van der Waals surface area contributed by atoms with E-state index in [0.717, 1.165) is 35.9 Å². The largest absolute Gasteiger partial charge is 0.454 e. The van der Waals surface area contributed by atoms with Crippen molar-refractivity contribution in [3.8, 4) is 0 Å². The Bertz CT molecular complexity index is 1200. The van der Waals surface area contributed by atoms with E-state index >= 15 is 0 Å². The second-order valence-electron chi connectivity index (χ2n) is 7.75. The number of nitrogen functional groups attached to an aromatic ring is 1. The van der Waals surface area contributed by atoms with Crippen molar-refractivity contribution in [3.63, 3.8) is 0 Å². The summed E-state index contributed by atoms with van der Waals surface area (Å²) in [4.78, 5) is 34.4. The Morgan fingerprint density at radius 3 is 2.88 bits per heavy atom. The molecule has 1 aliphatic rings. The lowest BCUT2D eigenvalue weighted by Gasteiger charge is -2.09. The molecular formula is C22H25N5O5S. The first-order chi connectivity index (χ1) is 16.0. The van der Waals surface area contributed by atoms with Gasteiger partial charge in [-0.3, -0.25) is 10.1 Å². The molecule has 10 nitrogen and oxygen atoms in total. The molecule has 0 fully saturated rings. The summed E-state index contributed by atoms with van der Waals surface area (Å²) in [5, 5.41) is 15.3. The second kappa shape index (κ2) is 10.1. The smallest absolute Gasteiger partial charge is 0.338 e. The fourth-order valence-electron chi connectivity index (χ4n) is 3.93. The number of nitrogens with two attached hydrogens (primary N) is 1. The number of aryl methyl sites for hydroxylation is 2. The van der Waals surface area contributed by atoms with Crippen LogP contribution in [0.2, 0.25) is 0 Å². The van der Waals surface area contributed by atoms with Crippen LogP contribution in [0.3, 0.4) is 0 Å². The fourth-order valence-corrected chi connectivity index (χ4v) is 5.22. The van der Waals surface area contributed by atoms with E-state index in [2.05, 4.69) is 15.3 Å². The zero-order valence-corrected chi connectivity index (χ0v) is 19.1. The highest BCUT2D eigenvalue weighted by Crippen LogP contribution is 2.37. The Balaban J connectivity index is 1.49. The minimum Gasteiger partial charge on any atom is -0.454 e. The number of nitro benzene ring substituents is 1. The average Bonchev–Trinajstić information content (AvgIpc) is 2.99. The first-order valence-electron chi connectivity index (χ1n) is 10.7.